The van der Waals surface area contributed by atoms with Crippen molar-refractivity contribution in [3.63, 3.8) is 0 Å². The molecule has 0 aliphatic carbocycles. The first-order chi connectivity index (χ1) is 11.7. The van der Waals surface area contributed by atoms with E-state index in [0.717, 1.165) is 30.2 Å². The maximum atomic E-state index is 12.6. The van der Waals surface area contributed by atoms with Gasteiger partial charge in [0.2, 0.25) is 5.91 Å². The minimum absolute atomic E-state index is 0.121. The normalized spacial score (nSPS) is 15.2. The van der Waals surface area contributed by atoms with E-state index in [1.165, 1.54) is 0 Å². The molecule has 0 fully saturated rings. The van der Waals surface area contributed by atoms with Gasteiger partial charge in [-0.2, -0.15) is 0 Å². The van der Waals surface area contributed by atoms with Crippen LogP contribution in [-0.4, -0.2) is 38.7 Å². The molecule has 1 atom stereocenters. The fourth-order valence-electron chi connectivity index (χ4n) is 2.98. The maximum absolute atomic E-state index is 12.6. The highest BCUT2D eigenvalue weighted by Gasteiger charge is 2.27. The van der Waals surface area contributed by atoms with Crippen molar-refractivity contribution >= 4 is 5.91 Å². The molecule has 0 saturated heterocycles. The smallest absolute Gasteiger partial charge is 0.228 e. The average Bonchev–Trinajstić information content (AvgIpc) is 3.04. The summed E-state index contributed by atoms with van der Waals surface area (Å²) in [7, 11) is 0. The molecule has 0 spiro atoms. The number of rotatable bonds is 6. The summed E-state index contributed by atoms with van der Waals surface area (Å²) in [6, 6.07) is 10.0. The summed E-state index contributed by atoms with van der Waals surface area (Å²) in [5, 5.41) is 8.40. The second kappa shape index (κ2) is 7.57. The van der Waals surface area contributed by atoms with Gasteiger partial charge in [0.25, 0.3) is 0 Å². The predicted octanol–water partition coefficient (Wildman–Crippen LogP) is 2.04. The van der Waals surface area contributed by atoms with Gasteiger partial charge < -0.3 is 14.2 Å². The van der Waals surface area contributed by atoms with Gasteiger partial charge in [0.1, 0.15) is 5.82 Å². The van der Waals surface area contributed by atoms with Gasteiger partial charge in [-0.3, -0.25) is 4.79 Å². The number of ether oxygens (including phenoxy) is 1. The topological polar surface area (TPSA) is 60.2 Å². The number of amides is 1. The van der Waals surface area contributed by atoms with E-state index in [4.69, 9.17) is 4.74 Å². The van der Waals surface area contributed by atoms with Crippen molar-refractivity contribution in [2.24, 2.45) is 5.92 Å². The number of nitrogens with zero attached hydrogens (tertiary/aromatic N) is 4. The van der Waals surface area contributed by atoms with Crippen molar-refractivity contribution in [3.8, 4) is 0 Å². The molecule has 1 amide bonds. The standard InChI is InChI=1S/C18H24N4O2/c1-3-16-19-20-17-11-21(9-10-22(16)17)18(23)14(2)12-24-13-15-7-5-4-6-8-15/h4-8,14H,3,9-13H2,1-2H3/t14-/m1/s1. The SMILES string of the molecule is CCc1nnc2n1CCN(C(=O)[C@H](C)COCc1ccccc1)C2. The Labute approximate surface area is 142 Å². The zero-order valence-corrected chi connectivity index (χ0v) is 14.3. The van der Waals surface area contributed by atoms with Crippen LogP contribution in [0.3, 0.4) is 0 Å². The molecule has 1 aromatic heterocycles. The zero-order chi connectivity index (χ0) is 16.9. The largest absolute Gasteiger partial charge is 0.376 e. The van der Waals surface area contributed by atoms with Gasteiger partial charge in [0.05, 0.1) is 25.7 Å². The Kier molecular flexibility index (Phi) is 5.25. The number of benzene rings is 1. The number of hydrogen-bond acceptors (Lipinski definition) is 4. The van der Waals surface area contributed by atoms with Gasteiger partial charge >= 0.3 is 0 Å². The maximum Gasteiger partial charge on any atom is 0.228 e. The Balaban J connectivity index is 1.51. The molecular formula is C18H24N4O2. The number of aromatic nitrogens is 3. The fraction of sp³-hybridized carbons (Fsp3) is 0.500. The monoisotopic (exact) mass is 328 g/mol. The molecule has 1 aliphatic rings. The summed E-state index contributed by atoms with van der Waals surface area (Å²) in [5.41, 5.74) is 1.12. The second-order valence-electron chi connectivity index (χ2n) is 6.20. The molecule has 0 unspecified atom stereocenters. The average molecular weight is 328 g/mol. The van der Waals surface area contributed by atoms with Crippen LogP contribution in [0.15, 0.2) is 30.3 Å². The third kappa shape index (κ3) is 3.64. The lowest BCUT2D eigenvalue weighted by atomic mass is 10.1. The first-order valence-electron chi connectivity index (χ1n) is 8.50. The molecule has 6 heteroatoms. The van der Waals surface area contributed by atoms with Crippen molar-refractivity contribution in [2.75, 3.05) is 13.2 Å². The molecule has 1 aromatic carbocycles. The van der Waals surface area contributed by atoms with Crippen molar-refractivity contribution in [2.45, 2.75) is 40.0 Å². The van der Waals surface area contributed by atoms with E-state index in [1.54, 1.807) is 0 Å². The molecule has 0 saturated carbocycles. The van der Waals surface area contributed by atoms with E-state index in [-0.39, 0.29) is 11.8 Å². The Bertz CT molecular complexity index is 684. The molecule has 0 bridgehead atoms. The van der Waals surface area contributed by atoms with E-state index in [2.05, 4.69) is 21.7 Å². The minimum Gasteiger partial charge on any atom is -0.376 e. The Morgan fingerprint density at radius 1 is 1.25 bits per heavy atom. The second-order valence-corrected chi connectivity index (χ2v) is 6.20. The molecule has 2 heterocycles. The Morgan fingerprint density at radius 3 is 2.79 bits per heavy atom. The van der Waals surface area contributed by atoms with Crippen LogP contribution in [0.25, 0.3) is 0 Å². The zero-order valence-electron chi connectivity index (χ0n) is 14.3. The van der Waals surface area contributed by atoms with E-state index >= 15 is 0 Å². The molecule has 0 N–H and O–H groups in total. The number of fused-ring (bicyclic) bond motifs is 1. The van der Waals surface area contributed by atoms with Crippen LogP contribution in [0, 0.1) is 5.92 Å². The summed E-state index contributed by atoms with van der Waals surface area (Å²) < 4.78 is 7.83. The summed E-state index contributed by atoms with van der Waals surface area (Å²) in [5.74, 6) is 1.84. The van der Waals surface area contributed by atoms with E-state index < -0.39 is 0 Å². The summed E-state index contributed by atoms with van der Waals surface area (Å²) in [6.45, 7) is 6.97. The van der Waals surface area contributed by atoms with Gasteiger partial charge in [-0.15, -0.1) is 10.2 Å². The third-order valence-electron chi connectivity index (χ3n) is 4.36. The molecule has 24 heavy (non-hydrogen) atoms. The first kappa shape index (κ1) is 16.6. The van der Waals surface area contributed by atoms with Crippen molar-refractivity contribution in [1.29, 1.82) is 0 Å². The number of hydrogen-bond donors (Lipinski definition) is 0. The van der Waals surface area contributed by atoms with Crippen LogP contribution in [0.2, 0.25) is 0 Å². The molecule has 1 aliphatic heterocycles. The van der Waals surface area contributed by atoms with Crippen LogP contribution in [0.4, 0.5) is 0 Å². The molecule has 6 nitrogen and oxygen atoms in total. The van der Waals surface area contributed by atoms with Crippen molar-refractivity contribution < 1.29 is 9.53 Å². The van der Waals surface area contributed by atoms with E-state index in [1.807, 2.05) is 42.2 Å². The highest BCUT2D eigenvalue weighted by Crippen LogP contribution is 2.16. The molecule has 0 radical (unpaired) electrons. The molecular weight excluding hydrogens is 304 g/mol. The third-order valence-corrected chi connectivity index (χ3v) is 4.36. The number of aryl methyl sites for hydroxylation is 1. The van der Waals surface area contributed by atoms with Crippen LogP contribution < -0.4 is 0 Å². The Hall–Kier alpha value is -2.21. The number of carbonyl (C=O) groups excluding carboxylic acids is 1. The van der Waals surface area contributed by atoms with Gasteiger partial charge in [-0.25, -0.2) is 0 Å². The lowest BCUT2D eigenvalue weighted by Gasteiger charge is -2.30. The van der Waals surface area contributed by atoms with Crippen molar-refractivity contribution in [1.82, 2.24) is 19.7 Å². The predicted molar refractivity (Wildman–Crippen MR) is 90.1 cm³/mol. The molecule has 2 aromatic rings. The van der Waals surface area contributed by atoms with Crippen LogP contribution in [-0.2, 0) is 35.6 Å². The quantitative estimate of drug-likeness (QED) is 0.814. The highest BCUT2D eigenvalue weighted by atomic mass is 16.5. The summed E-state index contributed by atoms with van der Waals surface area (Å²) in [6.07, 6.45) is 0.866. The molecule has 3 rings (SSSR count). The first-order valence-corrected chi connectivity index (χ1v) is 8.50. The Morgan fingerprint density at radius 2 is 2.04 bits per heavy atom. The van der Waals surface area contributed by atoms with Crippen LogP contribution >= 0.6 is 0 Å². The van der Waals surface area contributed by atoms with E-state index in [0.29, 0.717) is 26.3 Å². The van der Waals surface area contributed by atoms with Crippen LogP contribution in [0.1, 0.15) is 31.1 Å². The molecule has 128 valence electrons. The lowest BCUT2D eigenvalue weighted by Crippen LogP contribution is -2.42. The van der Waals surface area contributed by atoms with E-state index in [9.17, 15) is 4.79 Å². The van der Waals surface area contributed by atoms with Crippen molar-refractivity contribution in [3.05, 3.63) is 47.5 Å². The summed E-state index contributed by atoms with van der Waals surface area (Å²) >= 11 is 0. The fourth-order valence-corrected chi connectivity index (χ4v) is 2.98. The van der Waals surface area contributed by atoms with Gasteiger partial charge in [0.15, 0.2) is 5.82 Å². The lowest BCUT2D eigenvalue weighted by molar-refractivity contribution is -0.138. The highest BCUT2D eigenvalue weighted by molar-refractivity contribution is 5.78. The van der Waals surface area contributed by atoms with Gasteiger partial charge in [-0.05, 0) is 5.56 Å². The number of carbonyl (C=O) groups is 1. The van der Waals surface area contributed by atoms with Crippen LogP contribution in [0.5, 0.6) is 0 Å². The van der Waals surface area contributed by atoms with Gasteiger partial charge in [0, 0.05) is 19.5 Å². The van der Waals surface area contributed by atoms with Gasteiger partial charge in [-0.1, -0.05) is 44.2 Å². The summed E-state index contributed by atoms with van der Waals surface area (Å²) in [4.78, 5) is 14.5. The minimum atomic E-state index is -0.158.